The van der Waals surface area contributed by atoms with Crippen molar-refractivity contribution in [3.63, 3.8) is 0 Å². The summed E-state index contributed by atoms with van der Waals surface area (Å²) >= 11 is 0. The van der Waals surface area contributed by atoms with Crippen molar-refractivity contribution in [1.29, 1.82) is 0 Å². The summed E-state index contributed by atoms with van der Waals surface area (Å²) in [6, 6.07) is -0.648. The molecule has 2 atom stereocenters. The number of allylic oxidation sites excluding steroid dienone is 3. The van der Waals surface area contributed by atoms with E-state index < -0.39 is 12.1 Å². The third-order valence-corrected chi connectivity index (χ3v) is 13.5. The summed E-state index contributed by atoms with van der Waals surface area (Å²) < 4.78 is 5.47. The minimum absolute atomic E-state index is 0.0102. The van der Waals surface area contributed by atoms with E-state index in [4.69, 9.17) is 4.74 Å². The van der Waals surface area contributed by atoms with Crippen molar-refractivity contribution in [3.05, 3.63) is 24.3 Å². The van der Waals surface area contributed by atoms with Crippen LogP contribution in [0.15, 0.2) is 24.3 Å². The van der Waals surface area contributed by atoms with Gasteiger partial charge in [-0.1, -0.05) is 269 Å². The second-order valence-corrected chi connectivity index (χ2v) is 20.0. The maximum Gasteiger partial charge on any atom is 0.305 e. The number of hydrogen-bond donors (Lipinski definition) is 3. The number of nitrogens with one attached hydrogen (secondary N) is 1. The lowest BCUT2D eigenvalue weighted by atomic mass is 10.0. The lowest BCUT2D eigenvalue weighted by Crippen LogP contribution is -2.45. The highest BCUT2D eigenvalue weighted by Crippen LogP contribution is 2.17. The first-order valence-corrected chi connectivity index (χ1v) is 29.1. The summed E-state index contributed by atoms with van der Waals surface area (Å²) in [7, 11) is 0. The largest absolute Gasteiger partial charge is 0.466 e. The Morgan fingerprint density at radius 1 is 0.415 bits per heavy atom. The second kappa shape index (κ2) is 54.9. The van der Waals surface area contributed by atoms with E-state index in [0.717, 1.165) is 70.6 Å². The van der Waals surface area contributed by atoms with Gasteiger partial charge in [0.15, 0.2) is 0 Å². The molecule has 0 aromatic rings. The molecule has 0 spiro atoms. The molecule has 0 aliphatic rings. The Bertz CT molecular complexity index is 1010. The van der Waals surface area contributed by atoms with Gasteiger partial charge in [-0.25, -0.2) is 0 Å². The summed E-state index contributed by atoms with van der Waals surface area (Å²) in [5.41, 5.74) is 0. The summed E-state index contributed by atoms with van der Waals surface area (Å²) in [6.07, 6.45) is 66.3. The average molecular weight is 917 g/mol. The molecule has 2 unspecified atom stereocenters. The van der Waals surface area contributed by atoms with Crippen LogP contribution >= 0.6 is 0 Å². The van der Waals surface area contributed by atoms with Gasteiger partial charge in [-0.3, -0.25) is 9.59 Å². The topological polar surface area (TPSA) is 95.9 Å². The van der Waals surface area contributed by atoms with Gasteiger partial charge in [-0.15, -0.1) is 0 Å². The molecular weight excluding hydrogens is 803 g/mol. The predicted molar refractivity (Wildman–Crippen MR) is 283 cm³/mol. The Kier molecular flexibility index (Phi) is 53.5. The molecule has 1 amide bonds. The smallest absolute Gasteiger partial charge is 0.305 e. The fourth-order valence-corrected chi connectivity index (χ4v) is 8.98. The number of carbonyl (C=O) groups excluding carboxylic acids is 2. The van der Waals surface area contributed by atoms with Crippen LogP contribution in [-0.4, -0.2) is 47.4 Å². The van der Waals surface area contributed by atoms with E-state index in [0.29, 0.717) is 19.4 Å². The first-order chi connectivity index (χ1) is 32.0. The van der Waals surface area contributed by atoms with Gasteiger partial charge in [0.2, 0.25) is 5.91 Å². The molecule has 0 heterocycles. The van der Waals surface area contributed by atoms with Gasteiger partial charge < -0.3 is 20.3 Å². The number of ether oxygens (including phenoxy) is 1. The molecule has 0 fully saturated rings. The van der Waals surface area contributed by atoms with Crippen molar-refractivity contribution in [1.82, 2.24) is 5.32 Å². The summed E-state index contributed by atoms with van der Waals surface area (Å²) in [5, 5.41) is 23.1. The van der Waals surface area contributed by atoms with E-state index in [-0.39, 0.29) is 18.5 Å². The van der Waals surface area contributed by atoms with Crippen molar-refractivity contribution >= 4 is 11.9 Å². The van der Waals surface area contributed by atoms with Crippen LogP contribution in [0.4, 0.5) is 0 Å². The van der Waals surface area contributed by atoms with Crippen molar-refractivity contribution in [2.24, 2.45) is 0 Å². The van der Waals surface area contributed by atoms with Crippen LogP contribution in [0.1, 0.15) is 316 Å². The van der Waals surface area contributed by atoms with Crippen LogP contribution in [0, 0.1) is 0 Å². The fourth-order valence-electron chi connectivity index (χ4n) is 8.98. The number of rotatable bonds is 54. The quantitative estimate of drug-likeness (QED) is 0.0321. The molecule has 0 radical (unpaired) electrons. The third kappa shape index (κ3) is 51.6. The SMILES string of the molecule is CCCCCCCCCCCCCCCCCCC/C=C/C(O)C(CO)NC(=O)CCCCC/C=C\CCCCCCCCOC(=O)CCCCCCCCCCCCCCCCCC. The maximum absolute atomic E-state index is 12.5. The third-order valence-electron chi connectivity index (χ3n) is 13.5. The van der Waals surface area contributed by atoms with E-state index in [1.807, 2.05) is 6.08 Å². The molecule has 0 aliphatic carbocycles. The van der Waals surface area contributed by atoms with Gasteiger partial charge >= 0.3 is 5.97 Å². The number of unbranched alkanes of at least 4 members (excludes halogenated alkanes) is 41. The van der Waals surface area contributed by atoms with Crippen molar-refractivity contribution in [2.45, 2.75) is 328 Å². The minimum Gasteiger partial charge on any atom is -0.466 e. The highest BCUT2D eigenvalue weighted by atomic mass is 16.5. The van der Waals surface area contributed by atoms with E-state index in [1.165, 1.54) is 218 Å². The Morgan fingerprint density at radius 2 is 0.723 bits per heavy atom. The van der Waals surface area contributed by atoms with Crippen LogP contribution in [0.5, 0.6) is 0 Å². The van der Waals surface area contributed by atoms with Gasteiger partial charge in [0, 0.05) is 12.8 Å². The highest BCUT2D eigenvalue weighted by molar-refractivity contribution is 5.76. The normalized spacial score (nSPS) is 12.7. The molecule has 6 heteroatoms. The molecule has 0 saturated heterocycles. The monoisotopic (exact) mass is 916 g/mol. The summed E-state index contributed by atoms with van der Waals surface area (Å²) in [5.74, 6) is -0.106. The van der Waals surface area contributed by atoms with Gasteiger partial charge in [-0.05, 0) is 57.8 Å². The first-order valence-electron chi connectivity index (χ1n) is 29.1. The zero-order valence-corrected chi connectivity index (χ0v) is 43.7. The number of carbonyl (C=O) groups is 2. The van der Waals surface area contributed by atoms with E-state index >= 15 is 0 Å². The van der Waals surface area contributed by atoms with Crippen LogP contribution in [0.25, 0.3) is 0 Å². The Labute approximate surface area is 405 Å². The number of amides is 1. The van der Waals surface area contributed by atoms with E-state index in [1.54, 1.807) is 6.08 Å². The molecule has 6 nitrogen and oxygen atoms in total. The zero-order chi connectivity index (χ0) is 47.2. The minimum atomic E-state index is -0.862. The van der Waals surface area contributed by atoms with Gasteiger partial charge in [-0.2, -0.15) is 0 Å². The lowest BCUT2D eigenvalue weighted by molar-refractivity contribution is -0.143. The van der Waals surface area contributed by atoms with Gasteiger partial charge in [0.05, 0.1) is 25.4 Å². The van der Waals surface area contributed by atoms with E-state index in [2.05, 4.69) is 31.3 Å². The van der Waals surface area contributed by atoms with Crippen molar-refractivity contribution in [3.8, 4) is 0 Å². The van der Waals surface area contributed by atoms with Crippen LogP contribution in [0.3, 0.4) is 0 Å². The number of hydrogen-bond acceptors (Lipinski definition) is 5. The zero-order valence-electron chi connectivity index (χ0n) is 43.7. The molecule has 3 N–H and O–H groups in total. The first kappa shape index (κ1) is 63.3. The van der Waals surface area contributed by atoms with Crippen LogP contribution in [0.2, 0.25) is 0 Å². The summed E-state index contributed by atoms with van der Waals surface area (Å²) in [6.45, 7) is 4.88. The van der Waals surface area contributed by atoms with Gasteiger partial charge in [0.1, 0.15) is 0 Å². The second-order valence-electron chi connectivity index (χ2n) is 20.0. The number of aliphatic hydroxyl groups excluding tert-OH is 2. The predicted octanol–water partition coefficient (Wildman–Crippen LogP) is 17.9. The van der Waals surface area contributed by atoms with Crippen molar-refractivity contribution < 1.29 is 24.5 Å². The molecule has 0 saturated carbocycles. The summed E-state index contributed by atoms with van der Waals surface area (Å²) in [4.78, 5) is 24.5. The van der Waals surface area contributed by atoms with Gasteiger partial charge in [0.25, 0.3) is 0 Å². The molecular formula is C59H113NO5. The molecule has 0 bridgehead atoms. The maximum atomic E-state index is 12.5. The lowest BCUT2D eigenvalue weighted by Gasteiger charge is -2.19. The standard InChI is InChI=1S/C59H113NO5/c1-3-5-7-9-11-13-15-17-19-21-22-23-24-27-31-35-39-43-47-51-57(62)56(55-61)60-58(63)52-48-44-40-36-32-28-26-30-34-38-42-46-50-54-65-59(64)53-49-45-41-37-33-29-25-20-18-16-14-12-10-8-6-4-2/h28,32,47,51,56-57,61-62H,3-27,29-31,33-46,48-50,52-55H2,1-2H3,(H,60,63)/b32-28-,51-47+. The molecule has 0 rings (SSSR count). The van der Waals surface area contributed by atoms with E-state index in [9.17, 15) is 19.8 Å². The molecule has 0 aliphatic heterocycles. The van der Waals surface area contributed by atoms with Crippen LogP contribution < -0.4 is 5.32 Å². The highest BCUT2D eigenvalue weighted by Gasteiger charge is 2.18. The molecule has 0 aromatic heterocycles. The Morgan fingerprint density at radius 3 is 1.11 bits per heavy atom. The number of aliphatic hydroxyl groups is 2. The average Bonchev–Trinajstić information content (AvgIpc) is 3.31. The van der Waals surface area contributed by atoms with Crippen LogP contribution in [-0.2, 0) is 14.3 Å². The van der Waals surface area contributed by atoms with Crippen molar-refractivity contribution in [2.75, 3.05) is 13.2 Å². The number of esters is 1. The Hall–Kier alpha value is -1.66. The Balaban J connectivity index is 3.51. The fraction of sp³-hybridized carbons (Fsp3) is 0.898. The molecule has 0 aromatic carbocycles. The molecule has 65 heavy (non-hydrogen) atoms. The molecule has 384 valence electrons.